The molecule has 0 aliphatic heterocycles. The van der Waals surface area contributed by atoms with Crippen molar-refractivity contribution in [2.24, 2.45) is 0 Å². The van der Waals surface area contributed by atoms with Gasteiger partial charge in [0.15, 0.2) is 0 Å². The Morgan fingerprint density at radius 3 is 1.87 bits per heavy atom. The molecule has 1 aliphatic carbocycles. The van der Waals surface area contributed by atoms with E-state index in [0.717, 1.165) is 21.5 Å². The van der Waals surface area contributed by atoms with Crippen LogP contribution in [0.4, 0.5) is 0 Å². The van der Waals surface area contributed by atoms with Crippen LogP contribution in [-0.4, -0.2) is 22.7 Å². The second kappa shape index (κ2) is 17.1. The molecule has 0 unspecified atom stereocenters. The standard InChI is InChI=1S/C10H16OSi.C5H5.C2H6Si.2ClH.Ti/c1-8-5-9(11)7-10(6-8)12(2,3)4;1-2-4-5-3-1;1-3-2;;;/h5-7,11H,1-4H3;1-3H,4H2;1-2H3;2*1H;/q;-1;;;;. The van der Waals surface area contributed by atoms with Gasteiger partial charge >= 0.3 is 0 Å². The summed E-state index contributed by atoms with van der Waals surface area (Å²) in [5.41, 5.74) is 1.15. The summed E-state index contributed by atoms with van der Waals surface area (Å²) in [4.78, 5) is 0. The van der Waals surface area contributed by atoms with Gasteiger partial charge in [-0.25, -0.2) is 12.2 Å². The van der Waals surface area contributed by atoms with Crippen LogP contribution in [-0.2, 0) is 21.7 Å². The van der Waals surface area contributed by atoms with Crippen LogP contribution in [0.3, 0.4) is 0 Å². The molecule has 0 bridgehead atoms. The summed E-state index contributed by atoms with van der Waals surface area (Å²) >= 11 is 0. The molecule has 1 aromatic rings. The Balaban J connectivity index is -0.000000140. The predicted molar refractivity (Wildman–Crippen MR) is 109 cm³/mol. The monoisotopic (exact) mass is 423 g/mol. The third-order valence-electron chi connectivity index (χ3n) is 2.51. The number of rotatable bonds is 1. The van der Waals surface area contributed by atoms with E-state index >= 15 is 0 Å². The average Bonchev–Trinajstić information content (AvgIpc) is 2.85. The van der Waals surface area contributed by atoms with E-state index in [1.165, 1.54) is 5.19 Å². The number of phenolic OH excluding ortho intramolecular Hbond substituents is 1. The topological polar surface area (TPSA) is 20.2 Å². The van der Waals surface area contributed by atoms with Crippen molar-refractivity contribution in [1.82, 2.24) is 0 Å². The predicted octanol–water partition coefficient (Wildman–Crippen LogP) is 5.18. The van der Waals surface area contributed by atoms with Crippen molar-refractivity contribution in [3.8, 4) is 5.75 Å². The van der Waals surface area contributed by atoms with Gasteiger partial charge in [0.1, 0.15) is 5.75 Å². The van der Waals surface area contributed by atoms with Gasteiger partial charge in [0.2, 0.25) is 0 Å². The zero-order chi connectivity index (χ0) is 15.6. The van der Waals surface area contributed by atoms with E-state index < -0.39 is 8.07 Å². The van der Waals surface area contributed by atoms with Gasteiger partial charge in [0, 0.05) is 31.2 Å². The number of halogens is 2. The van der Waals surface area contributed by atoms with E-state index in [2.05, 4.69) is 51.0 Å². The molecule has 0 amide bonds. The number of hydrogen-bond donors (Lipinski definition) is 1. The summed E-state index contributed by atoms with van der Waals surface area (Å²) < 4.78 is 0. The summed E-state index contributed by atoms with van der Waals surface area (Å²) in [6.07, 6.45) is 10.0. The normalized spacial score (nSPS) is 10.7. The van der Waals surface area contributed by atoms with Crippen LogP contribution in [0.1, 0.15) is 12.0 Å². The van der Waals surface area contributed by atoms with Gasteiger partial charge in [-0.2, -0.15) is 6.08 Å². The second-order valence-corrected chi connectivity index (χ2v) is 11.9. The molecule has 0 spiro atoms. The largest absolute Gasteiger partial charge is 0.508 e. The van der Waals surface area contributed by atoms with Crippen LogP contribution in [0.15, 0.2) is 36.4 Å². The van der Waals surface area contributed by atoms with E-state index in [-0.39, 0.29) is 46.5 Å². The van der Waals surface area contributed by atoms with E-state index in [1.807, 2.05) is 25.1 Å². The Kier molecular flexibility index (Phi) is 23.0. The number of phenols is 1. The minimum Gasteiger partial charge on any atom is -0.508 e. The molecule has 0 atom stereocenters. The molecule has 0 saturated carbocycles. The first-order chi connectivity index (χ1) is 9.31. The molecule has 23 heavy (non-hydrogen) atoms. The van der Waals surface area contributed by atoms with Crippen molar-refractivity contribution in [2.45, 2.75) is 46.1 Å². The molecular weight excluding hydrogens is 395 g/mol. The Bertz CT molecular complexity index is 428. The maximum Gasteiger partial charge on any atom is 0.115 e. The van der Waals surface area contributed by atoms with Crippen molar-refractivity contribution in [1.29, 1.82) is 0 Å². The summed E-state index contributed by atoms with van der Waals surface area (Å²) in [6.45, 7) is 13.2. The molecule has 1 aromatic carbocycles. The van der Waals surface area contributed by atoms with E-state index in [1.54, 1.807) is 6.07 Å². The molecule has 0 saturated heterocycles. The summed E-state index contributed by atoms with van der Waals surface area (Å²) in [7, 11) is -0.173. The quantitative estimate of drug-likeness (QED) is 0.487. The van der Waals surface area contributed by atoms with Gasteiger partial charge in [-0.1, -0.05) is 44.0 Å². The third-order valence-corrected chi connectivity index (χ3v) is 4.53. The fourth-order valence-electron chi connectivity index (χ4n) is 1.54. The first kappa shape index (κ1) is 31.0. The molecule has 1 nitrogen and oxygen atoms in total. The zero-order valence-corrected chi connectivity index (χ0v) is 20.1. The molecule has 0 aromatic heterocycles. The third kappa shape index (κ3) is 16.9. The van der Waals surface area contributed by atoms with Crippen LogP contribution in [0.25, 0.3) is 0 Å². The smallest absolute Gasteiger partial charge is 0.115 e. The van der Waals surface area contributed by atoms with Crippen molar-refractivity contribution in [3.63, 3.8) is 0 Å². The Morgan fingerprint density at radius 1 is 1.09 bits per heavy atom. The fraction of sp³-hybridized carbons (Fsp3) is 0.412. The average molecular weight is 424 g/mol. The maximum atomic E-state index is 9.38. The van der Waals surface area contributed by atoms with Crippen molar-refractivity contribution in [2.75, 3.05) is 0 Å². The molecule has 1 N–H and O–H groups in total. The Morgan fingerprint density at radius 2 is 1.61 bits per heavy atom. The van der Waals surface area contributed by atoms with Gasteiger partial charge in [-0.15, -0.1) is 31.2 Å². The van der Waals surface area contributed by atoms with Gasteiger partial charge in [-0.3, -0.25) is 6.08 Å². The zero-order valence-electron chi connectivity index (χ0n) is 14.9. The Labute approximate surface area is 173 Å². The molecule has 2 rings (SSSR count). The first-order valence-corrected chi connectivity index (χ1v) is 12.4. The van der Waals surface area contributed by atoms with Crippen molar-refractivity contribution < 1.29 is 26.8 Å². The van der Waals surface area contributed by atoms with Gasteiger partial charge in [0.25, 0.3) is 0 Å². The van der Waals surface area contributed by atoms with Crippen LogP contribution < -0.4 is 5.19 Å². The summed E-state index contributed by atoms with van der Waals surface area (Å²) in [5.74, 6) is 0.396. The number of hydrogen-bond acceptors (Lipinski definition) is 1. The number of aromatic hydroxyl groups is 1. The molecule has 2 radical (unpaired) electrons. The number of aryl methyl sites for hydroxylation is 1. The summed E-state index contributed by atoms with van der Waals surface area (Å²) in [6, 6.07) is 5.86. The van der Waals surface area contributed by atoms with Crippen LogP contribution in [0, 0.1) is 13.0 Å². The minimum absolute atomic E-state index is 0. The fourth-order valence-corrected chi connectivity index (χ4v) is 2.78. The Hall–Kier alpha value is 0.228. The van der Waals surface area contributed by atoms with Gasteiger partial charge in [-0.05, 0) is 24.6 Å². The van der Waals surface area contributed by atoms with Crippen molar-refractivity contribution in [3.05, 3.63) is 48.1 Å². The molecular formula is C17H29Cl2OSi2Ti-. The summed E-state index contributed by atoms with van der Waals surface area (Å²) in [5, 5.41) is 10.7. The molecule has 1 aliphatic rings. The van der Waals surface area contributed by atoms with Crippen LogP contribution in [0.5, 0.6) is 5.75 Å². The SMILES string of the molecule is C[Si]C.Cc1cc(O)cc([Si](C)(C)C)c1.Cl.Cl.[C-]1=CC=CC1.[Ti]. The number of allylic oxidation sites excluding steroid dienone is 4. The van der Waals surface area contributed by atoms with E-state index in [9.17, 15) is 5.11 Å². The van der Waals surface area contributed by atoms with E-state index in [4.69, 9.17) is 0 Å². The minimum atomic E-state index is -1.26. The molecule has 0 heterocycles. The molecule has 130 valence electrons. The van der Waals surface area contributed by atoms with Crippen LogP contribution in [0.2, 0.25) is 32.7 Å². The number of benzene rings is 1. The first-order valence-electron chi connectivity index (χ1n) is 6.92. The van der Waals surface area contributed by atoms with E-state index in [0.29, 0.717) is 5.75 Å². The van der Waals surface area contributed by atoms with Gasteiger partial charge < -0.3 is 5.11 Å². The molecule has 0 fully saturated rings. The molecule has 6 heteroatoms. The second-order valence-electron chi connectivity index (χ2n) is 5.81. The van der Waals surface area contributed by atoms with Crippen molar-refractivity contribution >= 4 is 47.6 Å². The maximum absolute atomic E-state index is 9.38. The van der Waals surface area contributed by atoms with Gasteiger partial charge in [0.05, 0.1) is 8.07 Å². The van der Waals surface area contributed by atoms with Crippen LogP contribution >= 0.6 is 24.8 Å².